The number of rotatable bonds is 5. The first-order valence-electron chi connectivity index (χ1n) is 6.14. The maximum atomic E-state index is 8.73. The number of nitrogens with one attached hydrogen (secondary N) is 2. The number of nitriles is 1. The number of benzene rings is 1. The second-order valence-corrected chi connectivity index (χ2v) is 4.24. The van der Waals surface area contributed by atoms with Crippen LogP contribution in [0, 0.1) is 11.3 Å². The zero-order valence-corrected chi connectivity index (χ0v) is 14.3. The average molecular weight is 388 g/mol. The summed E-state index contributed by atoms with van der Waals surface area (Å²) in [7, 11) is 3.40. The summed E-state index contributed by atoms with van der Waals surface area (Å²) < 4.78 is 5.06. The van der Waals surface area contributed by atoms with Crippen LogP contribution >= 0.6 is 24.0 Å². The van der Waals surface area contributed by atoms with Gasteiger partial charge in [0, 0.05) is 26.7 Å². The van der Waals surface area contributed by atoms with Crippen molar-refractivity contribution in [3.8, 4) is 6.07 Å². The molecule has 2 N–H and O–H groups in total. The van der Waals surface area contributed by atoms with E-state index in [0.29, 0.717) is 18.7 Å². The summed E-state index contributed by atoms with van der Waals surface area (Å²) in [5.41, 5.74) is 1.77. The van der Waals surface area contributed by atoms with Gasteiger partial charge in [0.25, 0.3) is 0 Å². The van der Waals surface area contributed by atoms with Crippen molar-refractivity contribution in [1.29, 1.82) is 5.26 Å². The van der Waals surface area contributed by atoms with E-state index in [1.807, 2.05) is 19.1 Å². The summed E-state index contributed by atoms with van der Waals surface area (Å²) in [5.74, 6) is 0.730. The van der Waals surface area contributed by atoms with Crippen molar-refractivity contribution in [2.75, 3.05) is 20.8 Å². The molecule has 0 fully saturated rings. The minimum absolute atomic E-state index is 0. The van der Waals surface area contributed by atoms with E-state index < -0.39 is 0 Å². The molecule has 0 spiro atoms. The fourth-order valence-electron chi connectivity index (χ4n) is 1.60. The van der Waals surface area contributed by atoms with Crippen LogP contribution in [0.5, 0.6) is 0 Å². The van der Waals surface area contributed by atoms with Crippen LogP contribution in [0.4, 0.5) is 0 Å². The van der Waals surface area contributed by atoms with Crippen LogP contribution in [0.1, 0.15) is 18.1 Å². The van der Waals surface area contributed by atoms with Crippen molar-refractivity contribution in [3.05, 3.63) is 35.4 Å². The molecule has 110 valence electrons. The highest BCUT2D eigenvalue weighted by Crippen LogP contribution is 2.02. The quantitative estimate of drug-likeness (QED) is 0.459. The molecule has 0 amide bonds. The predicted octanol–water partition coefficient (Wildman–Crippen LogP) is 1.88. The predicted molar refractivity (Wildman–Crippen MR) is 91.2 cm³/mol. The topological polar surface area (TPSA) is 69.4 Å². The van der Waals surface area contributed by atoms with Crippen LogP contribution < -0.4 is 10.6 Å². The second kappa shape index (κ2) is 10.5. The van der Waals surface area contributed by atoms with Gasteiger partial charge in [-0.3, -0.25) is 4.99 Å². The molecule has 1 aromatic carbocycles. The molecule has 20 heavy (non-hydrogen) atoms. The lowest BCUT2D eigenvalue weighted by atomic mass is 10.1. The van der Waals surface area contributed by atoms with E-state index >= 15 is 0 Å². The highest BCUT2D eigenvalue weighted by molar-refractivity contribution is 14.0. The Bertz CT molecular complexity index is 453. The summed E-state index contributed by atoms with van der Waals surface area (Å²) in [6.07, 6.45) is 0. The molecule has 0 aliphatic carbocycles. The van der Waals surface area contributed by atoms with Crippen molar-refractivity contribution in [1.82, 2.24) is 10.6 Å². The molecule has 0 heterocycles. The number of halogens is 1. The van der Waals surface area contributed by atoms with Crippen molar-refractivity contribution in [2.45, 2.75) is 19.5 Å². The number of aliphatic imine (C=N–C) groups is 1. The summed E-state index contributed by atoms with van der Waals surface area (Å²) in [6.45, 7) is 3.31. The Kier molecular flexibility index (Phi) is 9.76. The molecule has 5 nitrogen and oxygen atoms in total. The Balaban J connectivity index is 0.00000361. The average Bonchev–Trinajstić information content (AvgIpc) is 2.44. The normalized spacial score (nSPS) is 12.0. The summed E-state index contributed by atoms with van der Waals surface area (Å²) in [6, 6.07) is 9.76. The molecule has 1 atom stereocenters. The lowest BCUT2D eigenvalue weighted by Gasteiger charge is -2.17. The standard InChI is InChI=1S/C14H20N4O.HI/c1-11(10-19-3)18-14(16-2)17-9-13-6-4-12(8-15)5-7-13;/h4-7,11H,9-10H2,1-3H3,(H2,16,17,18);1H. The number of hydrogen-bond donors (Lipinski definition) is 2. The molecule has 1 unspecified atom stereocenters. The van der Waals surface area contributed by atoms with Gasteiger partial charge in [-0.2, -0.15) is 5.26 Å². The van der Waals surface area contributed by atoms with Gasteiger partial charge in [-0.1, -0.05) is 12.1 Å². The van der Waals surface area contributed by atoms with E-state index in [4.69, 9.17) is 10.00 Å². The van der Waals surface area contributed by atoms with E-state index in [9.17, 15) is 0 Å². The molecule has 0 aliphatic rings. The minimum Gasteiger partial charge on any atom is -0.383 e. The minimum atomic E-state index is 0. The molecule has 0 saturated heterocycles. The summed E-state index contributed by atoms with van der Waals surface area (Å²) >= 11 is 0. The Morgan fingerprint density at radius 1 is 1.40 bits per heavy atom. The maximum absolute atomic E-state index is 8.73. The third-order valence-corrected chi connectivity index (χ3v) is 2.57. The second-order valence-electron chi connectivity index (χ2n) is 4.24. The first kappa shape index (κ1) is 18.7. The summed E-state index contributed by atoms with van der Waals surface area (Å²) in [5, 5.41) is 15.2. The fourth-order valence-corrected chi connectivity index (χ4v) is 1.60. The van der Waals surface area contributed by atoms with Gasteiger partial charge in [-0.15, -0.1) is 24.0 Å². The van der Waals surface area contributed by atoms with E-state index in [0.717, 1.165) is 11.5 Å². The lowest BCUT2D eigenvalue weighted by molar-refractivity contribution is 0.179. The Morgan fingerprint density at radius 3 is 2.55 bits per heavy atom. The first-order chi connectivity index (χ1) is 9.19. The van der Waals surface area contributed by atoms with Crippen molar-refractivity contribution in [3.63, 3.8) is 0 Å². The number of nitrogens with zero attached hydrogens (tertiary/aromatic N) is 2. The molecule has 0 saturated carbocycles. The van der Waals surface area contributed by atoms with Crippen LogP contribution in [0.3, 0.4) is 0 Å². The van der Waals surface area contributed by atoms with E-state index in [-0.39, 0.29) is 30.0 Å². The Morgan fingerprint density at radius 2 is 2.05 bits per heavy atom. The van der Waals surface area contributed by atoms with Gasteiger partial charge in [-0.05, 0) is 24.6 Å². The van der Waals surface area contributed by atoms with Crippen LogP contribution in [0.15, 0.2) is 29.3 Å². The number of hydrogen-bond acceptors (Lipinski definition) is 3. The third-order valence-electron chi connectivity index (χ3n) is 2.57. The number of guanidine groups is 1. The van der Waals surface area contributed by atoms with Gasteiger partial charge < -0.3 is 15.4 Å². The highest BCUT2D eigenvalue weighted by atomic mass is 127. The molecule has 0 aromatic heterocycles. The molecular weight excluding hydrogens is 367 g/mol. The monoisotopic (exact) mass is 388 g/mol. The molecule has 6 heteroatoms. The number of ether oxygens (including phenoxy) is 1. The van der Waals surface area contributed by atoms with Gasteiger partial charge in [0.05, 0.1) is 18.2 Å². The molecule has 0 aliphatic heterocycles. The zero-order chi connectivity index (χ0) is 14.1. The molecule has 1 rings (SSSR count). The molecule has 0 radical (unpaired) electrons. The van der Waals surface area contributed by atoms with Crippen molar-refractivity contribution in [2.24, 2.45) is 4.99 Å². The molecular formula is C14H21IN4O. The van der Waals surface area contributed by atoms with Crippen molar-refractivity contribution < 1.29 is 4.74 Å². The molecule has 0 bridgehead atoms. The van der Waals surface area contributed by atoms with Gasteiger partial charge in [0.2, 0.25) is 0 Å². The Labute approximate surface area is 137 Å². The SMILES string of the molecule is CN=C(NCc1ccc(C#N)cc1)NC(C)COC.I. The Hall–Kier alpha value is -1.33. The van der Waals surface area contributed by atoms with E-state index in [1.165, 1.54) is 0 Å². The smallest absolute Gasteiger partial charge is 0.191 e. The third kappa shape index (κ3) is 6.73. The van der Waals surface area contributed by atoms with Gasteiger partial charge >= 0.3 is 0 Å². The van der Waals surface area contributed by atoms with Crippen LogP contribution in [-0.4, -0.2) is 32.8 Å². The zero-order valence-electron chi connectivity index (χ0n) is 12.0. The van der Waals surface area contributed by atoms with Gasteiger partial charge in [0.15, 0.2) is 5.96 Å². The fraction of sp³-hybridized carbons (Fsp3) is 0.429. The lowest BCUT2D eigenvalue weighted by Crippen LogP contribution is -2.43. The first-order valence-corrected chi connectivity index (χ1v) is 6.14. The summed E-state index contributed by atoms with van der Waals surface area (Å²) in [4.78, 5) is 4.15. The van der Waals surface area contributed by atoms with E-state index in [2.05, 4.69) is 21.7 Å². The van der Waals surface area contributed by atoms with E-state index in [1.54, 1.807) is 26.3 Å². The van der Waals surface area contributed by atoms with Crippen molar-refractivity contribution >= 4 is 29.9 Å². The van der Waals surface area contributed by atoms with Gasteiger partial charge in [0.1, 0.15) is 0 Å². The highest BCUT2D eigenvalue weighted by Gasteiger charge is 2.04. The molecule has 1 aromatic rings. The number of methoxy groups -OCH3 is 1. The maximum Gasteiger partial charge on any atom is 0.191 e. The van der Waals surface area contributed by atoms with Crippen LogP contribution in [0.2, 0.25) is 0 Å². The van der Waals surface area contributed by atoms with Crippen LogP contribution in [0.25, 0.3) is 0 Å². The van der Waals surface area contributed by atoms with Crippen LogP contribution in [-0.2, 0) is 11.3 Å². The van der Waals surface area contributed by atoms with Gasteiger partial charge in [-0.25, -0.2) is 0 Å². The largest absolute Gasteiger partial charge is 0.383 e.